The minimum absolute atomic E-state index is 0.103. The number of alkyl halides is 3. The third-order valence-electron chi connectivity index (χ3n) is 6.25. The van der Waals surface area contributed by atoms with E-state index in [0.717, 1.165) is 43.9 Å². The molecule has 0 bridgehead atoms. The zero-order valence-corrected chi connectivity index (χ0v) is 18.1. The van der Waals surface area contributed by atoms with Gasteiger partial charge in [-0.15, -0.1) is 0 Å². The van der Waals surface area contributed by atoms with Crippen LogP contribution < -0.4 is 4.74 Å². The van der Waals surface area contributed by atoms with E-state index in [9.17, 15) is 26.3 Å². The van der Waals surface area contributed by atoms with Crippen LogP contribution in [0.3, 0.4) is 0 Å². The van der Waals surface area contributed by atoms with Gasteiger partial charge in [-0.05, 0) is 66.8 Å². The van der Waals surface area contributed by atoms with Gasteiger partial charge in [-0.25, -0.2) is 8.78 Å². The molecule has 0 spiro atoms. The summed E-state index contributed by atoms with van der Waals surface area (Å²) < 4.78 is 84.6. The highest BCUT2D eigenvalue weighted by atomic mass is 19.4. The van der Waals surface area contributed by atoms with Crippen molar-refractivity contribution in [1.82, 2.24) is 0 Å². The SMILES string of the molecule is CCCCCC1CCC(c2ccc(-c3ccc(OCC(F)(F)F)c(F)c3F)cc2F)CC1. The van der Waals surface area contributed by atoms with Gasteiger partial charge in [-0.3, -0.25) is 0 Å². The van der Waals surface area contributed by atoms with Gasteiger partial charge >= 0.3 is 6.18 Å². The van der Waals surface area contributed by atoms with Crippen LogP contribution in [0.1, 0.15) is 69.8 Å². The third-order valence-corrected chi connectivity index (χ3v) is 6.25. The van der Waals surface area contributed by atoms with E-state index in [-0.39, 0.29) is 17.0 Å². The first-order chi connectivity index (χ1) is 15.2. The molecule has 0 unspecified atom stereocenters. The average Bonchev–Trinajstić information content (AvgIpc) is 2.75. The van der Waals surface area contributed by atoms with E-state index in [2.05, 4.69) is 11.7 Å². The highest BCUT2D eigenvalue weighted by Crippen LogP contribution is 2.40. The highest BCUT2D eigenvalue weighted by molar-refractivity contribution is 5.66. The van der Waals surface area contributed by atoms with Crippen molar-refractivity contribution in [2.45, 2.75) is 70.4 Å². The van der Waals surface area contributed by atoms with Gasteiger partial charge in [0.05, 0.1) is 0 Å². The molecule has 0 aromatic heterocycles. The van der Waals surface area contributed by atoms with Crippen LogP contribution in [0.25, 0.3) is 11.1 Å². The molecule has 7 heteroatoms. The molecule has 3 rings (SSSR count). The Labute approximate surface area is 184 Å². The molecule has 0 amide bonds. The smallest absolute Gasteiger partial charge is 0.422 e. The lowest BCUT2D eigenvalue weighted by Crippen LogP contribution is -2.19. The van der Waals surface area contributed by atoms with Crippen molar-refractivity contribution in [3.63, 3.8) is 0 Å². The van der Waals surface area contributed by atoms with E-state index in [1.165, 1.54) is 31.7 Å². The van der Waals surface area contributed by atoms with Crippen molar-refractivity contribution in [3.05, 3.63) is 53.3 Å². The Bertz CT molecular complexity index is 900. The second-order valence-corrected chi connectivity index (χ2v) is 8.59. The first-order valence-electron chi connectivity index (χ1n) is 11.2. The molecular formula is C25H28F6O. The third kappa shape index (κ3) is 6.20. The fourth-order valence-electron chi connectivity index (χ4n) is 4.50. The maximum atomic E-state index is 14.9. The maximum Gasteiger partial charge on any atom is 0.422 e. The quantitative estimate of drug-likeness (QED) is 0.284. The molecular weight excluding hydrogens is 430 g/mol. The number of hydrogen-bond acceptors (Lipinski definition) is 1. The molecule has 0 saturated heterocycles. The summed E-state index contributed by atoms with van der Waals surface area (Å²) in [6, 6.07) is 6.32. The van der Waals surface area contributed by atoms with Gasteiger partial charge in [-0.2, -0.15) is 17.6 Å². The molecule has 2 aromatic rings. The number of rotatable bonds is 8. The summed E-state index contributed by atoms with van der Waals surface area (Å²) in [6.45, 7) is 0.451. The van der Waals surface area contributed by atoms with Gasteiger partial charge in [0, 0.05) is 5.56 Å². The van der Waals surface area contributed by atoms with E-state index in [1.807, 2.05) is 0 Å². The van der Waals surface area contributed by atoms with Crippen molar-refractivity contribution in [2.75, 3.05) is 6.61 Å². The van der Waals surface area contributed by atoms with Crippen molar-refractivity contribution < 1.29 is 31.1 Å². The minimum Gasteiger partial charge on any atom is -0.481 e. The fourth-order valence-corrected chi connectivity index (χ4v) is 4.50. The van der Waals surface area contributed by atoms with Crippen LogP contribution in [0.2, 0.25) is 0 Å². The fraction of sp³-hybridized carbons (Fsp3) is 0.520. The molecule has 1 aliphatic rings. The predicted molar refractivity (Wildman–Crippen MR) is 112 cm³/mol. The Hall–Kier alpha value is -2.18. The van der Waals surface area contributed by atoms with Crippen LogP contribution in [0.5, 0.6) is 5.75 Å². The van der Waals surface area contributed by atoms with Crippen molar-refractivity contribution in [2.24, 2.45) is 5.92 Å². The van der Waals surface area contributed by atoms with Crippen LogP contribution in [0.4, 0.5) is 26.3 Å². The zero-order chi connectivity index (χ0) is 23.3. The van der Waals surface area contributed by atoms with Crippen LogP contribution >= 0.6 is 0 Å². The number of ether oxygens (including phenoxy) is 1. The largest absolute Gasteiger partial charge is 0.481 e. The Morgan fingerprint density at radius 1 is 0.906 bits per heavy atom. The molecule has 176 valence electrons. The van der Waals surface area contributed by atoms with Gasteiger partial charge in [0.1, 0.15) is 5.82 Å². The molecule has 0 atom stereocenters. The lowest BCUT2D eigenvalue weighted by Gasteiger charge is -2.29. The van der Waals surface area contributed by atoms with Crippen LogP contribution in [0, 0.1) is 23.4 Å². The summed E-state index contributed by atoms with van der Waals surface area (Å²) >= 11 is 0. The van der Waals surface area contributed by atoms with E-state index in [4.69, 9.17) is 0 Å². The van der Waals surface area contributed by atoms with Crippen molar-refractivity contribution >= 4 is 0 Å². The van der Waals surface area contributed by atoms with E-state index >= 15 is 0 Å². The lowest BCUT2D eigenvalue weighted by molar-refractivity contribution is -0.153. The Morgan fingerprint density at radius 2 is 1.62 bits per heavy atom. The standard InChI is InChI=1S/C25H28F6O/c1-2-3-4-5-16-6-8-17(9-7-16)19-11-10-18(14-21(19)26)20-12-13-22(24(28)23(20)27)32-15-25(29,30)31/h10-14,16-17H,2-9,15H2,1H3. The number of unbranched alkanes of at least 4 members (excludes halogenated alkanes) is 2. The lowest BCUT2D eigenvalue weighted by atomic mass is 9.76. The minimum atomic E-state index is -4.67. The van der Waals surface area contributed by atoms with Gasteiger partial charge < -0.3 is 4.74 Å². The summed E-state index contributed by atoms with van der Waals surface area (Å²) in [7, 11) is 0. The molecule has 32 heavy (non-hydrogen) atoms. The molecule has 1 saturated carbocycles. The zero-order valence-electron chi connectivity index (χ0n) is 18.1. The summed E-state index contributed by atoms with van der Waals surface area (Å²) in [6.07, 6.45) is 4.15. The summed E-state index contributed by atoms with van der Waals surface area (Å²) in [5.41, 5.74) is 0.469. The van der Waals surface area contributed by atoms with Crippen molar-refractivity contribution in [1.29, 1.82) is 0 Å². The Morgan fingerprint density at radius 3 is 2.25 bits per heavy atom. The average molecular weight is 458 g/mol. The number of hydrogen-bond donors (Lipinski definition) is 0. The van der Waals surface area contributed by atoms with E-state index in [0.29, 0.717) is 11.5 Å². The molecule has 0 heterocycles. The number of benzene rings is 2. The van der Waals surface area contributed by atoms with Crippen LogP contribution in [-0.4, -0.2) is 12.8 Å². The van der Waals surface area contributed by atoms with E-state index < -0.39 is 36.0 Å². The predicted octanol–water partition coefficient (Wildman–Crippen LogP) is 8.57. The highest BCUT2D eigenvalue weighted by Gasteiger charge is 2.30. The van der Waals surface area contributed by atoms with Gasteiger partial charge in [-0.1, -0.05) is 44.7 Å². The topological polar surface area (TPSA) is 9.23 Å². The first kappa shape index (κ1) is 24.5. The van der Waals surface area contributed by atoms with E-state index in [1.54, 1.807) is 6.07 Å². The normalized spacial score (nSPS) is 19.2. The van der Waals surface area contributed by atoms with Crippen LogP contribution in [0.15, 0.2) is 30.3 Å². The van der Waals surface area contributed by atoms with Gasteiger partial charge in [0.25, 0.3) is 0 Å². The summed E-state index contributed by atoms with van der Waals surface area (Å²) in [5, 5.41) is 0. The summed E-state index contributed by atoms with van der Waals surface area (Å²) in [5.74, 6) is -3.42. The molecule has 0 N–H and O–H groups in total. The second-order valence-electron chi connectivity index (χ2n) is 8.59. The maximum absolute atomic E-state index is 14.9. The molecule has 1 fully saturated rings. The van der Waals surface area contributed by atoms with Crippen molar-refractivity contribution in [3.8, 4) is 16.9 Å². The van der Waals surface area contributed by atoms with Gasteiger partial charge in [0.15, 0.2) is 18.2 Å². The number of halogens is 6. The summed E-state index contributed by atoms with van der Waals surface area (Å²) in [4.78, 5) is 0. The Balaban J connectivity index is 1.70. The molecule has 1 nitrogen and oxygen atoms in total. The molecule has 1 aliphatic carbocycles. The first-order valence-corrected chi connectivity index (χ1v) is 11.2. The molecule has 0 radical (unpaired) electrons. The second kappa shape index (κ2) is 10.6. The van der Waals surface area contributed by atoms with Crippen LogP contribution in [-0.2, 0) is 0 Å². The Kier molecular flexibility index (Phi) is 8.12. The molecule has 2 aromatic carbocycles. The molecule has 0 aliphatic heterocycles. The van der Waals surface area contributed by atoms with Gasteiger partial charge in [0.2, 0.25) is 5.82 Å². The monoisotopic (exact) mass is 458 g/mol.